The minimum atomic E-state index is -0.102. The van der Waals surface area contributed by atoms with Crippen molar-refractivity contribution in [1.29, 1.82) is 0 Å². The topological polar surface area (TPSA) is 15.3 Å². The van der Waals surface area contributed by atoms with E-state index in [-0.39, 0.29) is 5.82 Å². The molecule has 2 aliphatic rings. The number of halogens is 1. The number of piperidine rings is 1. The maximum absolute atomic E-state index is 13.6. The zero-order valence-corrected chi connectivity index (χ0v) is 9.54. The molecule has 2 nitrogen and oxygen atoms in total. The summed E-state index contributed by atoms with van der Waals surface area (Å²) in [5.74, 6) is 1.08. The van der Waals surface area contributed by atoms with Gasteiger partial charge in [0.2, 0.25) is 0 Å². The van der Waals surface area contributed by atoms with Gasteiger partial charge in [0.05, 0.1) is 5.69 Å². The van der Waals surface area contributed by atoms with Crippen molar-refractivity contribution in [3.63, 3.8) is 0 Å². The van der Waals surface area contributed by atoms with Crippen LogP contribution in [0.5, 0.6) is 0 Å². The molecule has 1 aromatic rings. The summed E-state index contributed by atoms with van der Waals surface area (Å²) in [5, 5.41) is 3.25. The Morgan fingerprint density at radius 3 is 3.19 bits per heavy atom. The number of nitrogens with one attached hydrogen (secondary N) is 1. The van der Waals surface area contributed by atoms with Crippen molar-refractivity contribution in [3.05, 3.63) is 29.6 Å². The van der Waals surface area contributed by atoms with Crippen LogP contribution in [0.1, 0.15) is 17.9 Å². The van der Waals surface area contributed by atoms with Gasteiger partial charge in [0.25, 0.3) is 0 Å². The van der Waals surface area contributed by atoms with Crippen LogP contribution < -0.4 is 5.32 Å². The number of benzene rings is 1. The Morgan fingerprint density at radius 2 is 2.31 bits per heavy atom. The van der Waals surface area contributed by atoms with Crippen molar-refractivity contribution in [2.75, 3.05) is 32.0 Å². The highest BCUT2D eigenvalue weighted by Gasteiger charge is 2.34. The van der Waals surface area contributed by atoms with E-state index in [1.54, 1.807) is 6.07 Å². The quantitative estimate of drug-likeness (QED) is 0.721. The van der Waals surface area contributed by atoms with Crippen LogP contribution in [0.4, 0.5) is 10.1 Å². The number of fused-ring (bicyclic) bond motifs is 3. The largest absolute Gasteiger partial charge is 0.382 e. The van der Waals surface area contributed by atoms with E-state index >= 15 is 0 Å². The third-order valence-electron chi connectivity index (χ3n) is 3.92. The van der Waals surface area contributed by atoms with Gasteiger partial charge >= 0.3 is 0 Å². The fraction of sp³-hybridized carbons (Fsp3) is 0.538. The number of nitrogens with zero attached hydrogens (tertiary/aromatic N) is 1. The Hall–Kier alpha value is -1.09. The Bertz CT molecular complexity index is 405. The second-order valence-corrected chi connectivity index (χ2v) is 5.00. The van der Waals surface area contributed by atoms with E-state index in [9.17, 15) is 4.39 Å². The fourth-order valence-electron chi connectivity index (χ4n) is 3.10. The van der Waals surface area contributed by atoms with E-state index in [1.165, 1.54) is 5.56 Å². The monoisotopic (exact) mass is 220 g/mol. The zero-order chi connectivity index (χ0) is 11.1. The van der Waals surface area contributed by atoms with Crippen molar-refractivity contribution >= 4 is 5.69 Å². The number of para-hydroxylation sites is 1. The molecule has 1 fully saturated rings. The molecule has 3 rings (SSSR count). The Morgan fingerprint density at radius 1 is 1.44 bits per heavy atom. The molecule has 0 spiro atoms. The first kappa shape index (κ1) is 10.1. The van der Waals surface area contributed by atoms with Crippen molar-refractivity contribution in [2.24, 2.45) is 5.92 Å². The highest BCUT2D eigenvalue weighted by molar-refractivity contribution is 5.56. The lowest BCUT2D eigenvalue weighted by Gasteiger charge is -2.41. The molecule has 0 aliphatic carbocycles. The third-order valence-corrected chi connectivity index (χ3v) is 3.92. The molecule has 0 bridgehead atoms. The summed E-state index contributed by atoms with van der Waals surface area (Å²) in [4.78, 5) is 2.37. The molecule has 0 amide bonds. The van der Waals surface area contributed by atoms with E-state index in [0.29, 0.717) is 11.8 Å². The van der Waals surface area contributed by atoms with Crippen LogP contribution in [-0.2, 0) is 0 Å². The first-order chi connectivity index (χ1) is 7.75. The van der Waals surface area contributed by atoms with Gasteiger partial charge in [-0.2, -0.15) is 0 Å². The molecule has 2 heterocycles. The van der Waals surface area contributed by atoms with E-state index in [2.05, 4.69) is 23.3 Å². The van der Waals surface area contributed by atoms with Crippen LogP contribution in [0, 0.1) is 11.7 Å². The molecular weight excluding hydrogens is 203 g/mol. The van der Waals surface area contributed by atoms with E-state index in [1.807, 2.05) is 6.07 Å². The molecule has 16 heavy (non-hydrogen) atoms. The molecule has 0 saturated carbocycles. The average Bonchev–Trinajstić information content (AvgIpc) is 2.28. The Kier molecular flexibility index (Phi) is 2.36. The second-order valence-electron chi connectivity index (χ2n) is 5.00. The summed E-state index contributed by atoms with van der Waals surface area (Å²) in [7, 11) is 2.16. The van der Waals surface area contributed by atoms with Gasteiger partial charge in [-0.05, 0) is 43.5 Å². The summed E-state index contributed by atoms with van der Waals surface area (Å²) in [5.41, 5.74) is 1.93. The summed E-state index contributed by atoms with van der Waals surface area (Å²) < 4.78 is 13.6. The third kappa shape index (κ3) is 1.50. The predicted molar refractivity (Wildman–Crippen MR) is 63.2 cm³/mol. The highest BCUT2D eigenvalue weighted by Crippen LogP contribution is 2.40. The predicted octanol–water partition coefficient (Wildman–Crippen LogP) is 2.29. The number of rotatable bonds is 0. The van der Waals surface area contributed by atoms with Crippen LogP contribution in [0.15, 0.2) is 18.2 Å². The molecule has 2 atom stereocenters. The number of anilines is 1. The summed E-state index contributed by atoms with van der Waals surface area (Å²) in [6.07, 6.45) is 1.15. The van der Waals surface area contributed by atoms with Gasteiger partial charge in [-0.3, -0.25) is 0 Å². The van der Waals surface area contributed by atoms with Crippen LogP contribution in [0.3, 0.4) is 0 Å². The minimum Gasteiger partial charge on any atom is -0.382 e. The lowest BCUT2D eigenvalue weighted by Crippen LogP contribution is -2.42. The molecule has 2 unspecified atom stereocenters. The first-order valence-corrected chi connectivity index (χ1v) is 5.96. The van der Waals surface area contributed by atoms with Crippen molar-refractivity contribution in [3.8, 4) is 0 Å². The van der Waals surface area contributed by atoms with Crippen LogP contribution in [0.2, 0.25) is 0 Å². The van der Waals surface area contributed by atoms with Crippen molar-refractivity contribution in [2.45, 2.75) is 12.3 Å². The van der Waals surface area contributed by atoms with Gasteiger partial charge in [0.15, 0.2) is 0 Å². The Labute approximate surface area is 95.4 Å². The fourth-order valence-corrected chi connectivity index (χ4v) is 3.10. The first-order valence-electron chi connectivity index (χ1n) is 5.96. The summed E-state index contributed by atoms with van der Waals surface area (Å²) in [6, 6.07) is 5.45. The van der Waals surface area contributed by atoms with Gasteiger partial charge in [-0.15, -0.1) is 0 Å². The van der Waals surface area contributed by atoms with Crippen LogP contribution >= 0.6 is 0 Å². The van der Waals surface area contributed by atoms with E-state index in [0.717, 1.165) is 31.7 Å². The highest BCUT2D eigenvalue weighted by atomic mass is 19.1. The smallest absolute Gasteiger partial charge is 0.146 e. The molecular formula is C13H17FN2. The van der Waals surface area contributed by atoms with Crippen LogP contribution in [-0.4, -0.2) is 31.6 Å². The van der Waals surface area contributed by atoms with Gasteiger partial charge in [0, 0.05) is 13.1 Å². The van der Waals surface area contributed by atoms with Gasteiger partial charge in [-0.25, -0.2) is 4.39 Å². The Balaban J connectivity index is 1.97. The summed E-state index contributed by atoms with van der Waals surface area (Å²) in [6.45, 7) is 3.15. The average molecular weight is 220 g/mol. The lowest BCUT2D eigenvalue weighted by atomic mass is 9.77. The van der Waals surface area contributed by atoms with Crippen molar-refractivity contribution in [1.82, 2.24) is 4.90 Å². The lowest BCUT2D eigenvalue weighted by molar-refractivity contribution is 0.187. The number of likely N-dealkylation sites (tertiary alicyclic amines) is 1. The van der Waals surface area contributed by atoms with Gasteiger partial charge in [-0.1, -0.05) is 12.1 Å². The second kappa shape index (κ2) is 3.74. The SMILES string of the molecule is CN1CCC2c3cccc(F)c3NCC2C1. The summed E-state index contributed by atoms with van der Waals surface area (Å²) >= 11 is 0. The zero-order valence-electron chi connectivity index (χ0n) is 9.54. The maximum Gasteiger partial charge on any atom is 0.146 e. The van der Waals surface area contributed by atoms with Crippen LogP contribution in [0.25, 0.3) is 0 Å². The number of hydrogen-bond acceptors (Lipinski definition) is 2. The molecule has 1 saturated heterocycles. The number of hydrogen-bond donors (Lipinski definition) is 1. The molecule has 86 valence electrons. The maximum atomic E-state index is 13.6. The van der Waals surface area contributed by atoms with E-state index in [4.69, 9.17) is 0 Å². The van der Waals surface area contributed by atoms with Gasteiger partial charge < -0.3 is 10.2 Å². The molecule has 3 heteroatoms. The molecule has 0 radical (unpaired) electrons. The minimum absolute atomic E-state index is 0.102. The normalized spacial score (nSPS) is 29.1. The van der Waals surface area contributed by atoms with Crippen molar-refractivity contribution < 1.29 is 4.39 Å². The molecule has 1 aromatic carbocycles. The molecule has 1 N–H and O–H groups in total. The van der Waals surface area contributed by atoms with Gasteiger partial charge in [0.1, 0.15) is 5.82 Å². The van der Waals surface area contributed by atoms with E-state index < -0.39 is 0 Å². The molecule has 2 aliphatic heterocycles. The standard InChI is InChI=1S/C13H17FN2/c1-16-6-5-10-9(8-16)7-15-13-11(10)3-2-4-12(13)14/h2-4,9-10,15H,5-8H2,1H3. The molecule has 0 aromatic heterocycles.